The van der Waals surface area contributed by atoms with E-state index in [0.717, 1.165) is 29.0 Å². The number of alkyl halides is 3. The van der Waals surface area contributed by atoms with E-state index in [-0.39, 0.29) is 6.04 Å². The van der Waals surface area contributed by atoms with E-state index in [1.807, 2.05) is 12.1 Å². The van der Waals surface area contributed by atoms with Crippen LogP contribution in [0.15, 0.2) is 36.4 Å². The molecular formula is C15H16F3NS. The summed E-state index contributed by atoms with van der Waals surface area (Å²) in [4.78, 5) is 2.34. The molecule has 0 radical (unpaired) electrons. The summed E-state index contributed by atoms with van der Waals surface area (Å²) in [7, 11) is 0. The lowest BCUT2D eigenvalue weighted by Crippen LogP contribution is -2.12. The summed E-state index contributed by atoms with van der Waals surface area (Å²) in [5.74, 6) is 0. The highest BCUT2D eigenvalue weighted by Crippen LogP contribution is 2.30. The zero-order chi connectivity index (χ0) is 14.8. The molecule has 20 heavy (non-hydrogen) atoms. The van der Waals surface area contributed by atoms with E-state index in [1.54, 1.807) is 11.3 Å². The third-order valence-corrected chi connectivity index (χ3v) is 4.49. The molecule has 2 rings (SSSR count). The average Bonchev–Trinajstić information content (AvgIpc) is 2.87. The highest BCUT2D eigenvalue weighted by Gasteiger charge is 2.29. The largest absolute Gasteiger partial charge is 0.416 e. The van der Waals surface area contributed by atoms with E-state index in [9.17, 15) is 13.2 Å². The van der Waals surface area contributed by atoms with E-state index in [4.69, 9.17) is 5.73 Å². The Labute approximate surface area is 120 Å². The van der Waals surface area contributed by atoms with Gasteiger partial charge in [0.25, 0.3) is 0 Å². The molecule has 0 aliphatic heterocycles. The lowest BCUT2D eigenvalue weighted by atomic mass is 10.0. The van der Waals surface area contributed by atoms with Crippen molar-refractivity contribution in [3.63, 3.8) is 0 Å². The summed E-state index contributed by atoms with van der Waals surface area (Å²) in [6.07, 6.45) is -2.77. The van der Waals surface area contributed by atoms with E-state index in [1.165, 1.54) is 17.0 Å². The molecule has 0 spiro atoms. The highest BCUT2D eigenvalue weighted by atomic mass is 32.1. The van der Waals surface area contributed by atoms with Crippen molar-refractivity contribution in [2.75, 3.05) is 0 Å². The van der Waals surface area contributed by atoms with Crippen molar-refractivity contribution in [2.24, 2.45) is 5.73 Å². The van der Waals surface area contributed by atoms with Gasteiger partial charge in [-0.1, -0.05) is 19.1 Å². The Hall–Kier alpha value is -1.33. The maximum Gasteiger partial charge on any atom is 0.416 e. The summed E-state index contributed by atoms with van der Waals surface area (Å²) < 4.78 is 37.4. The van der Waals surface area contributed by atoms with Gasteiger partial charge < -0.3 is 5.73 Å². The minimum Gasteiger partial charge on any atom is -0.323 e. The molecule has 1 atom stereocenters. The summed E-state index contributed by atoms with van der Waals surface area (Å²) in [6, 6.07) is 9.08. The van der Waals surface area contributed by atoms with Crippen LogP contribution >= 0.6 is 11.3 Å². The summed E-state index contributed by atoms with van der Waals surface area (Å²) in [5, 5.41) is 0. The first-order valence-electron chi connectivity index (χ1n) is 6.40. The molecule has 0 bridgehead atoms. The number of benzene rings is 1. The molecule has 2 N–H and O–H groups in total. The van der Waals surface area contributed by atoms with Gasteiger partial charge in [0.1, 0.15) is 0 Å². The average molecular weight is 299 g/mol. The van der Waals surface area contributed by atoms with Crippen LogP contribution in [0, 0.1) is 0 Å². The van der Waals surface area contributed by atoms with Crippen LogP contribution in [0.25, 0.3) is 0 Å². The van der Waals surface area contributed by atoms with Gasteiger partial charge in [-0.25, -0.2) is 0 Å². The summed E-state index contributed by atoms with van der Waals surface area (Å²) in [5.41, 5.74) is 6.30. The van der Waals surface area contributed by atoms with E-state index in [0.29, 0.717) is 6.42 Å². The Morgan fingerprint density at radius 1 is 1.10 bits per heavy atom. The van der Waals surface area contributed by atoms with Crippen molar-refractivity contribution < 1.29 is 13.2 Å². The van der Waals surface area contributed by atoms with E-state index < -0.39 is 11.7 Å². The standard InChI is InChI=1S/C15H16F3NS/c1-2-12-7-8-14(20-12)13(19)9-10-3-5-11(6-4-10)15(16,17)18/h3-8,13H,2,9,19H2,1H3. The zero-order valence-corrected chi connectivity index (χ0v) is 11.9. The molecule has 0 fully saturated rings. The molecule has 0 aliphatic rings. The van der Waals surface area contributed by atoms with Crippen LogP contribution in [0.1, 0.15) is 33.8 Å². The number of hydrogen-bond acceptors (Lipinski definition) is 2. The molecule has 2 aromatic rings. The van der Waals surface area contributed by atoms with Crippen molar-refractivity contribution in [3.05, 3.63) is 57.3 Å². The van der Waals surface area contributed by atoms with Gasteiger partial charge in [-0.3, -0.25) is 0 Å². The number of rotatable bonds is 4. The molecule has 1 nitrogen and oxygen atoms in total. The maximum atomic E-state index is 12.5. The van der Waals surface area contributed by atoms with Crippen molar-refractivity contribution in [2.45, 2.75) is 32.0 Å². The number of thiophene rings is 1. The van der Waals surface area contributed by atoms with Gasteiger partial charge in [0.05, 0.1) is 5.56 Å². The fraction of sp³-hybridized carbons (Fsp3) is 0.333. The van der Waals surface area contributed by atoms with E-state index >= 15 is 0 Å². The first-order valence-corrected chi connectivity index (χ1v) is 7.22. The first kappa shape index (κ1) is 15.1. The number of aryl methyl sites for hydroxylation is 1. The van der Waals surface area contributed by atoms with Gasteiger partial charge in [0.15, 0.2) is 0 Å². The van der Waals surface area contributed by atoms with Crippen LogP contribution in [0.5, 0.6) is 0 Å². The smallest absolute Gasteiger partial charge is 0.323 e. The second-order valence-corrected chi connectivity index (χ2v) is 5.86. The Bertz CT molecular complexity index is 557. The number of halogens is 3. The summed E-state index contributed by atoms with van der Waals surface area (Å²) in [6.45, 7) is 2.08. The predicted octanol–water partition coefficient (Wildman–Crippen LogP) is 4.57. The third kappa shape index (κ3) is 3.61. The normalized spacial score (nSPS) is 13.4. The molecule has 0 amide bonds. The Kier molecular flexibility index (Phi) is 4.50. The number of nitrogens with two attached hydrogens (primary N) is 1. The highest BCUT2D eigenvalue weighted by molar-refractivity contribution is 7.12. The van der Waals surface area contributed by atoms with Crippen molar-refractivity contribution >= 4 is 11.3 Å². The van der Waals surface area contributed by atoms with Crippen LogP contribution < -0.4 is 5.73 Å². The van der Waals surface area contributed by atoms with Gasteiger partial charge in [-0.2, -0.15) is 13.2 Å². The summed E-state index contributed by atoms with van der Waals surface area (Å²) >= 11 is 1.66. The van der Waals surface area contributed by atoms with Gasteiger partial charge in [-0.05, 0) is 42.7 Å². The molecule has 0 saturated carbocycles. The fourth-order valence-electron chi connectivity index (χ4n) is 1.97. The van der Waals surface area contributed by atoms with Crippen molar-refractivity contribution in [3.8, 4) is 0 Å². The zero-order valence-electron chi connectivity index (χ0n) is 11.1. The minimum absolute atomic E-state index is 0.169. The van der Waals surface area contributed by atoms with Gasteiger partial charge in [0.2, 0.25) is 0 Å². The van der Waals surface area contributed by atoms with Crippen molar-refractivity contribution in [1.82, 2.24) is 0 Å². The molecule has 108 valence electrons. The topological polar surface area (TPSA) is 26.0 Å². The lowest BCUT2D eigenvalue weighted by molar-refractivity contribution is -0.137. The van der Waals surface area contributed by atoms with Gasteiger partial charge >= 0.3 is 6.18 Å². The quantitative estimate of drug-likeness (QED) is 0.879. The third-order valence-electron chi connectivity index (χ3n) is 3.13. The lowest BCUT2D eigenvalue weighted by Gasteiger charge is -2.11. The maximum absolute atomic E-state index is 12.5. The van der Waals surface area contributed by atoms with Crippen molar-refractivity contribution in [1.29, 1.82) is 0 Å². The first-order chi connectivity index (χ1) is 9.40. The second kappa shape index (κ2) is 5.97. The molecule has 0 saturated heterocycles. The van der Waals surface area contributed by atoms with Crippen LogP contribution in [0.3, 0.4) is 0 Å². The second-order valence-electron chi connectivity index (χ2n) is 4.66. The van der Waals surface area contributed by atoms with Crippen LogP contribution in [-0.4, -0.2) is 0 Å². The van der Waals surface area contributed by atoms with Crippen LogP contribution in [0.4, 0.5) is 13.2 Å². The van der Waals surface area contributed by atoms with Crippen LogP contribution in [-0.2, 0) is 19.0 Å². The molecular weight excluding hydrogens is 283 g/mol. The number of hydrogen-bond donors (Lipinski definition) is 1. The Balaban J connectivity index is 2.06. The molecule has 1 heterocycles. The monoisotopic (exact) mass is 299 g/mol. The fourth-order valence-corrected chi connectivity index (χ4v) is 2.92. The Morgan fingerprint density at radius 3 is 2.25 bits per heavy atom. The molecule has 0 aliphatic carbocycles. The Morgan fingerprint density at radius 2 is 1.75 bits per heavy atom. The predicted molar refractivity (Wildman–Crippen MR) is 75.8 cm³/mol. The van der Waals surface area contributed by atoms with Gasteiger partial charge in [0, 0.05) is 15.8 Å². The van der Waals surface area contributed by atoms with Crippen LogP contribution in [0.2, 0.25) is 0 Å². The van der Waals surface area contributed by atoms with E-state index in [2.05, 4.69) is 6.92 Å². The molecule has 1 unspecified atom stereocenters. The molecule has 1 aromatic carbocycles. The van der Waals surface area contributed by atoms with Gasteiger partial charge in [-0.15, -0.1) is 11.3 Å². The molecule has 5 heteroatoms. The molecule has 1 aromatic heterocycles. The SMILES string of the molecule is CCc1ccc(C(N)Cc2ccc(C(F)(F)F)cc2)s1. The minimum atomic E-state index is -4.29.